The lowest BCUT2D eigenvalue weighted by Crippen LogP contribution is -2.21. The van der Waals surface area contributed by atoms with Gasteiger partial charge >= 0.3 is 6.18 Å². The minimum absolute atomic E-state index is 0.109. The lowest BCUT2D eigenvalue weighted by molar-refractivity contribution is -0.115. The summed E-state index contributed by atoms with van der Waals surface area (Å²) in [5.74, 6) is 0.232. The second-order valence-corrected chi connectivity index (χ2v) is 4.28. The molecular formula is C9H7BrF3N5. The van der Waals surface area contributed by atoms with Crippen LogP contribution in [0.25, 0.3) is 11.4 Å². The van der Waals surface area contributed by atoms with Gasteiger partial charge in [-0.2, -0.15) is 18.2 Å². The van der Waals surface area contributed by atoms with E-state index in [-0.39, 0.29) is 5.95 Å². The van der Waals surface area contributed by atoms with Crippen molar-refractivity contribution in [2.24, 2.45) is 0 Å². The van der Waals surface area contributed by atoms with E-state index in [2.05, 4.69) is 41.4 Å². The molecule has 0 spiro atoms. The van der Waals surface area contributed by atoms with Crippen LogP contribution >= 0.6 is 15.9 Å². The molecule has 0 amide bonds. The molecule has 0 saturated carbocycles. The van der Waals surface area contributed by atoms with Crippen molar-refractivity contribution in [3.63, 3.8) is 0 Å². The van der Waals surface area contributed by atoms with Crippen molar-refractivity contribution in [2.75, 3.05) is 11.9 Å². The van der Waals surface area contributed by atoms with E-state index in [4.69, 9.17) is 0 Å². The van der Waals surface area contributed by atoms with Gasteiger partial charge in [0.05, 0.1) is 0 Å². The first-order valence-electron chi connectivity index (χ1n) is 4.78. The van der Waals surface area contributed by atoms with E-state index < -0.39 is 12.7 Å². The van der Waals surface area contributed by atoms with E-state index >= 15 is 0 Å². The van der Waals surface area contributed by atoms with Crippen LogP contribution in [-0.2, 0) is 0 Å². The molecule has 5 nitrogen and oxygen atoms in total. The van der Waals surface area contributed by atoms with E-state index in [1.165, 1.54) is 6.20 Å². The number of aromatic nitrogens is 4. The number of aromatic amines is 1. The average Bonchev–Trinajstić information content (AvgIpc) is 2.74. The van der Waals surface area contributed by atoms with Crippen molar-refractivity contribution >= 4 is 21.9 Å². The maximum absolute atomic E-state index is 12.0. The average molecular weight is 322 g/mol. The molecule has 9 heteroatoms. The number of alkyl halides is 3. The van der Waals surface area contributed by atoms with Crippen LogP contribution in [0.5, 0.6) is 0 Å². The number of H-pyrrole nitrogens is 1. The number of pyridine rings is 1. The zero-order valence-corrected chi connectivity index (χ0v) is 10.4. The molecule has 2 heterocycles. The molecule has 0 unspecified atom stereocenters. The third-order valence-electron chi connectivity index (χ3n) is 1.91. The molecule has 0 radical (unpaired) electrons. The Morgan fingerprint density at radius 1 is 1.33 bits per heavy atom. The molecule has 0 atom stereocenters. The predicted molar refractivity (Wildman–Crippen MR) is 61.9 cm³/mol. The van der Waals surface area contributed by atoms with Crippen molar-refractivity contribution in [1.82, 2.24) is 20.2 Å². The Bertz CT molecular complexity index is 539. The zero-order valence-electron chi connectivity index (χ0n) is 8.79. The number of hydrogen-bond acceptors (Lipinski definition) is 4. The smallest absolute Gasteiger partial charge is 0.344 e. The van der Waals surface area contributed by atoms with Crippen molar-refractivity contribution in [1.29, 1.82) is 0 Å². The van der Waals surface area contributed by atoms with Crippen LogP contribution in [0.2, 0.25) is 0 Å². The molecule has 0 aromatic carbocycles. The maximum Gasteiger partial charge on any atom is 0.405 e. The Kier molecular flexibility index (Phi) is 3.50. The molecule has 2 rings (SSSR count). The number of nitrogens with one attached hydrogen (secondary N) is 2. The number of nitrogens with zero attached hydrogens (tertiary/aromatic N) is 3. The quantitative estimate of drug-likeness (QED) is 0.912. The fourth-order valence-corrected chi connectivity index (χ4v) is 1.56. The SMILES string of the molecule is FC(F)(F)CNc1n[nH]c(-c2cncc(Br)c2)n1. The van der Waals surface area contributed by atoms with E-state index in [1.807, 2.05) is 0 Å². The Morgan fingerprint density at radius 2 is 2.11 bits per heavy atom. The standard InChI is InChI=1S/C9H7BrF3N5/c10-6-1-5(2-14-3-6)7-16-8(18-17-7)15-4-9(11,12)13/h1-3H,4H2,(H2,15,16,17,18). The highest BCUT2D eigenvalue weighted by Gasteiger charge is 2.27. The van der Waals surface area contributed by atoms with Crippen molar-refractivity contribution in [2.45, 2.75) is 6.18 Å². The molecule has 0 fully saturated rings. The largest absolute Gasteiger partial charge is 0.405 e. The van der Waals surface area contributed by atoms with Gasteiger partial charge in [0, 0.05) is 22.4 Å². The minimum Gasteiger partial charge on any atom is -0.344 e. The summed E-state index contributed by atoms with van der Waals surface area (Å²) >= 11 is 3.23. The maximum atomic E-state index is 12.0. The Hall–Kier alpha value is -1.64. The number of rotatable bonds is 3. The van der Waals surface area contributed by atoms with Gasteiger partial charge < -0.3 is 5.32 Å². The summed E-state index contributed by atoms with van der Waals surface area (Å²) < 4.78 is 36.7. The number of hydrogen-bond donors (Lipinski definition) is 2. The zero-order chi connectivity index (χ0) is 13.2. The van der Waals surface area contributed by atoms with Crippen LogP contribution in [0, 0.1) is 0 Å². The third kappa shape index (κ3) is 3.42. The first-order valence-corrected chi connectivity index (χ1v) is 5.57. The summed E-state index contributed by atoms with van der Waals surface area (Å²) in [7, 11) is 0. The first-order chi connectivity index (χ1) is 8.44. The van der Waals surface area contributed by atoms with Gasteiger partial charge in [0.2, 0.25) is 5.95 Å². The molecule has 0 bridgehead atoms. The summed E-state index contributed by atoms with van der Waals surface area (Å²) in [5.41, 5.74) is 0.622. The minimum atomic E-state index is -4.31. The highest BCUT2D eigenvalue weighted by atomic mass is 79.9. The molecule has 18 heavy (non-hydrogen) atoms. The molecule has 0 aliphatic carbocycles. The van der Waals surface area contributed by atoms with Crippen LogP contribution in [0.1, 0.15) is 0 Å². The number of halogens is 4. The van der Waals surface area contributed by atoms with Gasteiger partial charge in [-0.25, -0.2) is 0 Å². The Labute approximate surface area is 108 Å². The van der Waals surface area contributed by atoms with Gasteiger partial charge in [0.25, 0.3) is 0 Å². The third-order valence-corrected chi connectivity index (χ3v) is 2.34. The normalized spacial score (nSPS) is 11.6. The van der Waals surface area contributed by atoms with Crippen LogP contribution in [0.3, 0.4) is 0 Å². The van der Waals surface area contributed by atoms with Gasteiger partial charge in [0.15, 0.2) is 5.82 Å². The van der Waals surface area contributed by atoms with Gasteiger partial charge in [-0.3, -0.25) is 10.1 Å². The van der Waals surface area contributed by atoms with Crippen LogP contribution in [-0.4, -0.2) is 32.9 Å². The second kappa shape index (κ2) is 4.92. The van der Waals surface area contributed by atoms with E-state index in [1.54, 1.807) is 12.3 Å². The highest BCUT2D eigenvalue weighted by Crippen LogP contribution is 2.20. The summed E-state index contributed by atoms with van der Waals surface area (Å²) in [6.45, 7) is -1.18. The van der Waals surface area contributed by atoms with Crippen molar-refractivity contribution in [3.05, 3.63) is 22.9 Å². The highest BCUT2D eigenvalue weighted by molar-refractivity contribution is 9.10. The van der Waals surface area contributed by atoms with Gasteiger partial charge in [0.1, 0.15) is 6.54 Å². The molecule has 0 aliphatic rings. The summed E-state index contributed by atoms with van der Waals surface area (Å²) in [4.78, 5) is 7.81. The summed E-state index contributed by atoms with van der Waals surface area (Å²) in [5, 5.41) is 8.25. The van der Waals surface area contributed by atoms with E-state index in [0.29, 0.717) is 11.4 Å². The van der Waals surface area contributed by atoms with E-state index in [0.717, 1.165) is 4.47 Å². The van der Waals surface area contributed by atoms with Gasteiger partial charge in [-0.1, -0.05) is 0 Å². The van der Waals surface area contributed by atoms with Gasteiger partial charge in [-0.15, -0.1) is 5.10 Å². The molecule has 0 aliphatic heterocycles. The monoisotopic (exact) mass is 321 g/mol. The fraction of sp³-hybridized carbons (Fsp3) is 0.222. The van der Waals surface area contributed by atoms with Crippen LogP contribution in [0.15, 0.2) is 22.9 Å². The summed E-state index contributed by atoms with van der Waals surface area (Å²) in [6, 6.07) is 1.72. The molecule has 2 aromatic rings. The molecule has 96 valence electrons. The lowest BCUT2D eigenvalue weighted by atomic mass is 10.3. The Morgan fingerprint density at radius 3 is 2.78 bits per heavy atom. The molecule has 0 saturated heterocycles. The lowest BCUT2D eigenvalue weighted by Gasteiger charge is -2.05. The molecular weight excluding hydrogens is 315 g/mol. The molecule has 2 aromatic heterocycles. The Balaban J connectivity index is 2.11. The summed E-state index contributed by atoms with van der Waals surface area (Å²) in [6.07, 6.45) is -1.19. The first kappa shape index (κ1) is 12.8. The van der Waals surface area contributed by atoms with Crippen LogP contribution in [0.4, 0.5) is 19.1 Å². The van der Waals surface area contributed by atoms with Gasteiger partial charge in [-0.05, 0) is 22.0 Å². The number of anilines is 1. The second-order valence-electron chi connectivity index (χ2n) is 3.37. The topological polar surface area (TPSA) is 66.5 Å². The van der Waals surface area contributed by atoms with Crippen molar-refractivity contribution < 1.29 is 13.2 Å². The predicted octanol–water partition coefficient (Wildman–Crippen LogP) is 2.60. The van der Waals surface area contributed by atoms with E-state index in [9.17, 15) is 13.2 Å². The van der Waals surface area contributed by atoms with Crippen molar-refractivity contribution in [3.8, 4) is 11.4 Å². The van der Waals surface area contributed by atoms with Crippen LogP contribution < -0.4 is 5.32 Å². The fourth-order valence-electron chi connectivity index (χ4n) is 1.19. The molecule has 2 N–H and O–H groups in total.